The van der Waals surface area contributed by atoms with Gasteiger partial charge in [-0.2, -0.15) is 0 Å². The van der Waals surface area contributed by atoms with Crippen LogP contribution >= 0.6 is 0 Å². The Morgan fingerprint density at radius 3 is 2.58 bits per heavy atom. The number of carbonyl (C=O) groups excluding carboxylic acids is 2. The van der Waals surface area contributed by atoms with Crippen LogP contribution in [-0.4, -0.2) is 39.5 Å². The summed E-state index contributed by atoms with van der Waals surface area (Å²) in [6, 6.07) is 12.6. The predicted molar refractivity (Wildman–Crippen MR) is 123 cm³/mol. The number of anilines is 1. The lowest BCUT2D eigenvalue weighted by Gasteiger charge is -2.37. The molecule has 9 nitrogen and oxygen atoms in total. The van der Waals surface area contributed by atoms with Gasteiger partial charge in [-0.3, -0.25) is 24.6 Å². The topological polar surface area (TPSA) is 108 Å². The normalized spacial score (nSPS) is 17.8. The summed E-state index contributed by atoms with van der Waals surface area (Å²) in [6.07, 6.45) is 2.64. The molecule has 0 saturated heterocycles. The molecule has 9 heteroatoms. The summed E-state index contributed by atoms with van der Waals surface area (Å²) in [5, 5.41) is 11.9. The van der Waals surface area contributed by atoms with Crippen molar-refractivity contribution in [3.05, 3.63) is 64.2 Å². The second-order valence-electron chi connectivity index (χ2n) is 7.96. The molecular weight excluding hydrogens is 424 g/mol. The van der Waals surface area contributed by atoms with Crippen LogP contribution in [0.15, 0.2) is 48.5 Å². The number of amides is 1. The number of fused-ring (bicyclic) bond motifs is 3. The second kappa shape index (κ2) is 9.40. The van der Waals surface area contributed by atoms with Gasteiger partial charge in [-0.25, -0.2) is 4.98 Å². The number of hydrogen-bond donors (Lipinski definition) is 0. The first-order valence-electron chi connectivity index (χ1n) is 11.2. The van der Waals surface area contributed by atoms with Gasteiger partial charge < -0.3 is 9.30 Å². The van der Waals surface area contributed by atoms with Gasteiger partial charge in [0.1, 0.15) is 0 Å². The summed E-state index contributed by atoms with van der Waals surface area (Å²) in [7, 11) is 0. The van der Waals surface area contributed by atoms with Gasteiger partial charge in [0.2, 0.25) is 11.9 Å². The van der Waals surface area contributed by atoms with E-state index in [1.54, 1.807) is 29.7 Å². The summed E-state index contributed by atoms with van der Waals surface area (Å²) in [5.74, 6) is -2.02. The van der Waals surface area contributed by atoms with E-state index in [0.29, 0.717) is 23.5 Å². The minimum atomic E-state index is -1.27. The number of nitro benzene ring substituents is 1. The molecule has 33 heavy (non-hydrogen) atoms. The number of rotatable bonds is 8. The maximum Gasteiger partial charge on any atom is 0.321 e. The third kappa shape index (κ3) is 3.94. The number of unbranched alkanes of at least 4 members (excludes halogenated alkanes) is 2. The Labute approximate surface area is 191 Å². The first-order chi connectivity index (χ1) is 16.0. The van der Waals surface area contributed by atoms with Crippen molar-refractivity contribution in [2.45, 2.75) is 39.2 Å². The molecular formula is C24H26N4O5. The largest absolute Gasteiger partial charge is 0.465 e. The number of nitrogens with zero attached hydrogens (tertiary/aromatic N) is 4. The Balaban J connectivity index is 2.00. The lowest BCUT2D eigenvalue weighted by Crippen LogP contribution is -2.50. The number of hydrogen-bond acceptors (Lipinski definition) is 6. The van der Waals surface area contributed by atoms with Crippen molar-refractivity contribution in [3.8, 4) is 0 Å². The molecule has 3 aromatic rings. The standard InChI is InChI=1S/C24H26N4O5/c1-3-5-10-15-26-22(29)20(23(30)33-4-2)21(16-11-6-8-13-18(16)28(31)32)27-19-14-9-7-12-17(19)25-24(26)27/h6-9,11-14,20-21H,3-5,10,15H2,1-2H3/t20-,21+/m0/s1. The number of aromatic nitrogens is 2. The van der Waals surface area contributed by atoms with E-state index in [9.17, 15) is 19.7 Å². The van der Waals surface area contributed by atoms with Gasteiger partial charge in [0.05, 0.1) is 34.2 Å². The molecule has 1 aliphatic rings. The highest BCUT2D eigenvalue weighted by Gasteiger charge is 2.49. The average molecular weight is 450 g/mol. The lowest BCUT2D eigenvalue weighted by atomic mass is 9.88. The second-order valence-corrected chi connectivity index (χ2v) is 7.96. The minimum Gasteiger partial charge on any atom is -0.465 e. The molecule has 172 valence electrons. The number of esters is 1. The zero-order valence-electron chi connectivity index (χ0n) is 18.6. The number of benzene rings is 2. The number of carbonyl (C=O) groups is 2. The Morgan fingerprint density at radius 2 is 1.85 bits per heavy atom. The van der Waals surface area contributed by atoms with Crippen LogP contribution in [0.4, 0.5) is 11.6 Å². The van der Waals surface area contributed by atoms with Gasteiger partial charge in [-0.1, -0.05) is 50.1 Å². The summed E-state index contributed by atoms with van der Waals surface area (Å²) < 4.78 is 7.08. The molecule has 0 N–H and O–H groups in total. The van der Waals surface area contributed by atoms with Gasteiger partial charge in [0.25, 0.3) is 5.69 Å². The van der Waals surface area contributed by atoms with E-state index < -0.39 is 28.8 Å². The fourth-order valence-corrected chi connectivity index (χ4v) is 4.46. The highest BCUT2D eigenvalue weighted by Crippen LogP contribution is 2.43. The maximum absolute atomic E-state index is 13.7. The van der Waals surface area contributed by atoms with Crippen LogP contribution < -0.4 is 4.90 Å². The molecule has 1 aromatic heterocycles. The third-order valence-electron chi connectivity index (χ3n) is 5.92. The van der Waals surface area contributed by atoms with E-state index in [1.807, 2.05) is 24.3 Å². The van der Waals surface area contributed by atoms with Crippen molar-refractivity contribution < 1.29 is 19.2 Å². The number of imidazole rings is 1. The molecule has 2 atom stereocenters. The van der Waals surface area contributed by atoms with E-state index in [1.165, 1.54) is 11.0 Å². The average Bonchev–Trinajstić information content (AvgIpc) is 3.19. The highest BCUT2D eigenvalue weighted by molar-refractivity contribution is 6.08. The van der Waals surface area contributed by atoms with E-state index in [0.717, 1.165) is 19.3 Å². The van der Waals surface area contributed by atoms with Crippen molar-refractivity contribution in [2.24, 2.45) is 5.92 Å². The molecule has 1 aliphatic heterocycles. The quantitative estimate of drug-likeness (QED) is 0.167. The van der Waals surface area contributed by atoms with Crippen LogP contribution in [0.5, 0.6) is 0 Å². The number of ether oxygens (including phenoxy) is 1. The third-order valence-corrected chi connectivity index (χ3v) is 5.92. The molecule has 0 bridgehead atoms. The lowest BCUT2D eigenvalue weighted by molar-refractivity contribution is -0.385. The van der Waals surface area contributed by atoms with Crippen molar-refractivity contribution in [1.82, 2.24) is 9.55 Å². The van der Waals surface area contributed by atoms with E-state index in [4.69, 9.17) is 9.72 Å². The Bertz CT molecular complexity index is 1200. The van der Waals surface area contributed by atoms with Crippen molar-refractivity contribution in [3.63, 3.8) is 0 Å². The SMILES string of the molecule is CCCCCN1C(=O)[C@@H](C(=O)OCC)[C@@H](c2ccccc2[N+](=O)[O-])n2c1nc1ccccc12. The molecule has 0 fully saturated rings. The van der Waals surface area contributed by atoms with E-state index in [2.05, 4.69) is 6.92 Å². The Morgan fingerprint density at radius 1 is 1.12 bits per heavy atom. The van der Waals surface area contributed by atoms with Crippen LogP contribution in [-0.2, 0) is 14.3 Å². The van der Waals surface area contributed by atoms with Crippen molar-refractivity contribution in [2.75, 3.05) is 18.1 Å². The molecule has 0 spiro atoms. The zero-order valence-corrected chi connectivity index (χ0v) is 18.6. The summed E-state index contributed by atoms with van der Waals surface area (Å²) in [6.45, 7) is 4.23. The summed E-state index contributed by atoms with van der Waals surface area (Å²) >= 11 is 0. The smallest absolute Gasteiger partial charge is 0.321 e. The van der Waals surface area contributed by atoms with Gasteiger partial charge in [-0.15, -0.1) is 0 Å². The highest BCUT2D eigenvalue weighted by atomic mass is 16.6. The van der Waals surface area contributed by atoms with Gasteiger partial charge in [0, 0.05) is 12.6 Å². The molecule has 0 saturated carbocycles. The number of para-hydroxylation sites is 3. The molecule has 0 radical (unpaired) electrons. The molecule has 0 unspecified atom stereocenters. The maximum atomic E-state index is 13.7. The Hall–Kier alpha value is -3.75. The van der Waals surface area contributed by atoms with Crippen LogP contribution in [0.3, 0.4) is 0 Å². The predicted octanol–water partition coefficient (Wildman–Crippen LogP) is 4.25. The van der Waals surface area contributed by atoms with Crippen LogP contribution in [0, 0.1) is 16.0 Å². The monoisotopic (exact) mass is 450 g/mol. The van der Waals surface area contributed by atoms with Crippen LogP contribution in [0.1, 0.15) is 44.7 Å². The first-order valence-corrected chi connectivity index (χ1v) is 11.2. The zero-order chi connectivity index (χ0) is 23.5. The molecule has 0 aliphatic carbocycles. The molecule has 1 amide bonds. The summed E-state index contributed by atoms with van der Waals surface area (Å²) in [4.78, 5) is 44.5. The summed E-state index contributed by atoms with van der Waals surface area (Å²) in [5.41, 5.74) is 1.45. The van der Waals surface area contributed by atoms with Gasteiger partial charge >= 0.3 is 5.97 Å². The molecule has 2 aromatic carbocycles. The van der Waals surface area contributed by atoms with Gasteiger partial charge in [0.15, 0.2) is 5.92 Å². The van der Waals surface area contributed by atoms with E-state index >= 15 is 0 Å². The van der Waals surface area contributed by atoms with Crippen LogP contribution in [0.2, 0.25) is 0 Å². The van der Waals surface area contributed by atoms with Gasteiger partial charge in [-0.05, 0) is 25.5 Å². The number of nitro groups is 1. The Kier molecular flexibility index (Phi) is 6.39. The first kappa shape index (κ1) is 22.4. The molecule has 2 heterocycles. The van der Waals surface area contributed by atoms with E-state index in [-0.39, 0.29) is 17.9 Å². The minimum absolute atomic E-state index is 0.0968. The fourth-order valence-electron chi connectivity index (χ4n) is 4.46. The fraction of sp³-hybridized carbons (Fsp3) is 0.375. The van der Waals surface area contributed by atoms with Crippen molar-refractivity contribution >= 4 is 34.5 Å². The van der Waals surface area contributed by atoms with Crippen LogP contribution in [0.25, 0.3) is 11.0 Å². The molecule has 4 rings (SSSR count). The van der Waals surface area contributed by atoms with Crippen molar-refractivity contribution in [1.29, 1.82) is 0 Å².